The maximum absolute atomic E-state index is 9.95. The fourth-order valence-electron chi connectivity index (χ4n) is 1.64. The predicted molar refractivity (Wildman–Crippen MR) is 76.2 cm³/mol. The first kappa shape index (κ1) is 17.9. The first-order chi connectivity index (χ1) is 8.52. The molecule has 0 aromatic carbocycles. The molecule has 1 fully saturated rings. The smallest absolute Gasteiger partial charge is 0.267 e. The van der Waals surface area contributed by atoms with E-state index in [0.717, 1.165) is 6.54 Å². The van der Waals surface area contributed by atoms with Gasteiger partial charge < -0.3 is 5.73 Å². The number of hydrogen-bond donors (Lipinski definition) is 2. The van der Waals surface area contributed by atoms with E-state index in [9.17, 15) is 8.42 Å². The summed E-state index contributed by atoms with van der Waals surface area (Å²) in [4.78, 5) is 0. The van der Waals surface area contributed by atoms with Crippen molar-refractivity contribution in [3.05, 3.63) is 0 Å². The topological polar surface area (TPSA) is 80.4 Å². The summed E-state index contributed by atoms with van der Waals surface area (Å²) in [7, 11) is -3.63. The lowest BCUT2D eigenvalue weighted by molar-refractivity contribution is 0.481. The van der Waals surface area contributed by atoms with Crippen LogP contribution in [0.1, 0.15) is 71.1 Å². The van der Waals surface area contributed by atoms with E-state index < -0.39 is 15.4 Å². The van der Waals surface area contributed by atoms with Gasteiger partial charge in [-0.1, -0.05) is 51.9 Å². The third-order valence-electron chi connectivity index (χ3n) is 3.00. The van der Waals surface area contributed by atoms with Crippen LogP contribution in [0.4, 0.5) is 0 Å². The fraction of sp³-hybridized carbons (Fsp3) is 1.00. The molecule has 0 amide bonds. The number of nitrogens with two attached hydrogens (primary N) is 1. The van der Waals surface area contributed by atoms with Crippen LogP contribution < -0.4 is 5.73 Å². The summed E-state index contributed by atoms with van der Waals surface area (Å²) in [5.74, 6) is 0. The van der Waals surface area contributed by atoms with Gasteiger partial charge in [-0.3, -0.25) is 4.55 Å². The molecule has 0 heterocycles. The highest BCUT2D eigenvalue weighted by atomic mass is 32.2. The molecule has 18 heavy (non-hydrogen) atoms. The minimum absolute atomic E-state index is 0.424. The molecule has 0 aliphatic heterocycles. The minimum atomic E-state index is -3.63. The van der Waals surface area contributed by atoms with Gasteiger partial charge in [0.1, 0.15) is 0 Å². The molecule has 5 heteroatoms. The van der Waals surface area contributed by atoms with Gasteiger partial charge in [0.05, 0.1) is 5.25 Å². The molecule has 4 nitrogen and oxygen atoms in total. The third kappa shape index (κ3) is 12.3. The Balaban J connectivity index is 0.000000351. The normalized spacial score (nSPS) is 15.1. The van der Waals surface area contributed by atoms with E-state index >= 15 is 0 Å². The Kier molecular flexibility index (Phi) is 10.7. The molecule has 110 valence electrons. The number of hydrogen-bond acceptors (Lipinski definition) is 3. The second-order valence-corrected chi connectivity index (χ2v) is 6.67. The quantitative estimate of drug-likeness (QED) is 0.502. The second kappa shape index (κ2) is 10.8. The van der Waals surface area contributed by atoms with Crippen LogP contribution in [0.3, 0.4) is 0 Å². The van der Waals surface area contributed by atoms with Crippen LogP contribution in [0.2, 0.25) is 0 Å². The molecule has 0 radical (unpaired) electrons. The monoisotopic (exact) mass is 279 g/mol. The zero-order chi connectivity index (χ0) is 13.9. The van der Waals surface area contributed by atoms with Gasteiger partial charge in [-0.05, 0) is 25.8 Å². The van der Waals surface area contributed by atoms with Crippen molar-refractivity contribution < 1.29 is 13.0 Å². The summed E-state index contributed by atoms with van der Waals surface area (Å²) in [5.41, 5.74) is 5.39. The first-order valence-electron chi connectivity index (χ1n) is 7.18. The summed E-state index contributed by atoms with van der Waals surface area (Å²) in [6, 6.07) is 0. The van der Waals surface area contributed by atoms with Gasteiger partial charge in [0, 0.05) is 0 Å². The zero-order valence-electron chi connectivity index (χ0n) is 11.6. The van der Waals surface area contributed by atoms with Crippen LogP contribution in [0.5, 0.6) is 0 Å². The van der Waals surface area contributed by atoms with Gasteiger partial charge in [0.2, 0.25) is 0 Å². The molecule has 0 bridgehead atoms. The summed E-state index contributed by atoms with van der Waals surface area (Å²) in [6.07, 6.45) is 12.3. The maximum atomic E-state index is 9.95. The summed E-state index contributed by atoms with van der Waals surface area (Å²) < 4.78 is 28.0. The Hall–Kier alpha value is -0.130. The third-order valence-corrected chi connectivity index (χ3v) is 4.32. The summed E-state index contributed by atoms with van der Waals surface area (Å²) >= 11 is 0. The van der Waals surface area contributed by atoms with Crippen LogP contribution in [0.25, 0.3) is 0 Å². The van der Waals surface area contributed by atoms with Crippen molar-refractivity contribution >= 4 is 10.1 Å². The molecule has 0 saturated heterocycles. The lowest BCUT2D eigenvalue weighted by Crippen LogP contribution is -2.02. The largest absolute Gasteiger partial charge is 0.330 e. The highest BCUT2D eigenvalue weighted by molar-refractivity contribution is 7.86. The number of rotatable bonds is 9. The predicted octanol–water partition coefficient (Wildman–Crippen LogP) is 3.12. The fourth-order valence-corrected chi connectivity index (χ4v) is 2.38. The van der Waals surface area contributed by atoms with Crippen LogP contribution >= 0.6 is 0 Å². The minimum Gasteiger partial charge on any atom is -0.330 e. The molecular weight excluding hydrogens is 250 g/mol. The Labute approximate surface area is 112 Å². The van der Waals surface area contributed by atoms with E-state index in [2.05, 4.69) is 6.92 Å². The second-order valence-electron chi connectivity index (χ2n) is 4.98. The molecule has 1 rings (SSSR count). The molecule has 0 aromatic heterocycles. The van der Waals surface area contributed by atoms with E-state index in [1.165, 1.54) is 51.4 Å². The average Bonchev–Trinajstić information content (AvgIpc) is 3.12. The highest BCUT2D eigenvalue weighted by Gasteiger charge is 2.33. The molecule has 0 spiro atoms. The van der Waals surface area contributed by atoms with Crippen molar-refractivity contribution in [3.8, 4) is 0 Å². The van der Waals surface area contributed by atoms with Crippen LogP contribution in [0.15, 0.2) is 0 Å². The molecule has 1 saturated carbocycles. The van der Waals surface area contributed by atoms with Crippen molar-refractivity contribution in [2.24, 2.45) is 5.73 Å². The van der Waals surface area contributed by atoms with Crippen molar-refractivity contribution in [2.75, 3.05) is 6.54 Å². The van der Waals surface area contributed by atoms with Gasteiger partial charge in [-0.15, -0.1) is 0 Å². The summed E-state index contributed by atoms with van der Waals surface area (Å²) in [6.45, 7) is 3.13. The van der Waals surface area contributed by atoms with E-state index in [1.54, 1.807) is 0 Å². The van der Waals surface area contributed by atoms with E-state index in [0.29, 0.717) is 12.8 Å². The molecular formula is C13H29NO3S. The maximum Gasteiger partial charge on any atom is 0.267 e. The number of unbranched alkanes of at least 4 members (excludes halogenated alkanes) is 7. The van der Waals surface area contributed by atoms with Crippen molar-refractivity contribution in [1.29, 1.82) is 0 Å². The molecule has 0 unspecified atom stereocenters. The zero-order valence-corrected chi connectivity index (χ0v) is 12.4. The SMILES string of the molecule is CCCCCCCCCCN.O=S(=O)(O)C1CC1. The van der Waals surface area contributed by atoms with E-state index in [-0.39, 0.29) is 0 Å². The van der Waals surface area contributed by atoms with Crippen LogP contribution in [-0.2, 0) is 10.1 Å². The Morgan fingerprint density at radius 1 is 1.00 bits per heavy atom. The van der Waals surface area contributed by atoms with Crippen LogP contribution in [0, 0.1) is 0 Å². The van der Waals surface area contributed by atoms with Crippen LogP contribution in [-0.4, -0.2) is 24.8 Å². The first-order valence-corrected chi connectivity index (χ1v) is 8.69. The average molecular weight is 279 g/mol. The molecule has 1 aliphatic carbocycles. The van der Waals surface area contributed by atoms with Gasteiger partial charge in [0.15, 0.2) is 0 Å². The summed E-state index contributed by atoms with van der Waals surface area (Å²) in [5, 5.41) is -0.424. The van der Waals surface area contributed by atoms with E-state index in [4.69, 9.17) is 10.3 Å². The van der Waals surface area contributed by atoms with Gasteiger partial charge in [0.25, 0.3) is 10.1 Å². The lowest BCUT2D eigenvalue weighted by atomic mass is 10.1. The lowest BCUT2D eigenvalue weighted by Gasteiger charge is -1.99. The standard InChI is InChI=1S/C10H23N.C3H6O3S/c1-2-3-4-5-6-7-8-9-10-11;4-7(5,6)3-1-2-3/h2-11H2,1H3;3H,1-2H2,(H,4,5,6). The Morgan fingerprint density at radius 3 is 1.72 bits per heavy atom. The molecule has 1 aliphatic rings. The van der Waals surface area contributed by atoms with Crippen molar-refractivity contribution in [2.45, 2.75) is 76.4 Å². The van der Waals surface area contributed by atoms with Crippen molar-refractivity contribution in [3.63, 3.8) is 0 Å². The molecule has 3 N–H and O–H groups in total. The van der Waals surface area contributed by atoms with E-state index in [1.807, 2.05) is 0 Å². The highest BCUT2D eigenvalue weighted by Crippen LogP contribution is 2.26. The van der Waals surface area contributed by atoms with Gasteiger partial charge in [-0.25, -0.2) is 0 Å². The van der Waals surface area contributed by atoms with Gasteiger partial charge in [-0.2, -0.15) is 8.42 Å². The molecule has 0 aromatic rings. The molecule has 0 atom stereocenters. The Morgan fingerprint density at radius 2 is 1.44 bits per heavy atom. The Bertz CT molecular complexity index is 266. The van der Waals surface area contributed by atoms with Gasteiger partial charge >= 0.3 is 0 Å². The van der Waals surface area contributed by atoms with Crippen molar-refractivity contribution in [1.82, 2.24) is 0 Å².